The van der Waals surface area contributed by atoms with Gasteiger partial charge in [0.05, 0.1) is 18.0 Å². The van der Waals surface area contributed by atoms with E-state index in [1.165, 1.54) is 17.4 Å². The molecule has 0 saturated carbocycles. The number of carbonyl (C=O) groups is 1. The van der Waals surface area contributed by atoms with Crippen molar-refractivity contribution in [1.82, 2.24) is 10.2 Å². The molecule has 5 nitrogen and oxygen atoms in total. The van der Waals surface area contributed by atoms with Crippen molar-refractivity contribution in [2.45, 2.75) is 50.9 Å². The zero-order valence-corrected chi connectivity index (χ0v) is 15.9. The molecular formula is C22H28N2O3. The minimum Gasteiger partial charge on any atom is -0.459 e. The summed E-state index contributed by atoms with van der Waals surface area (Å²) >= 11 is 0. The fraction of sp³-hybridized carbons (Fsp3) is 0.500. The summed E-state index contributed by atoms with van der Waals surface area (Å²) in [6, 6.07) is 12.2. The standard InChI is InChI=1S/C22H28N2O3/c1-17-4-6-18(7-5-17)16-24-12-10-22(11-13-24)9-8-19(27-22)15-23-21(25)20-3-2-14-26-20/h2-7,14,19H,8-13,15-16H2,1H3,(H,23,25)/t19-/m0/s1. The maximum Gasteiger partial charge on any atom is 0.287 e. The SMILES string of the molecule is Cc1ccc(CN2CCC3(CC[C@@H](CNC(=O)c4ccco4)O3)CC2)cc1. The lowest BCUT2D eigenvalue weighted by atomic mass is 9.88. The van der Waals surface area contributed by atoms with Crippen LogP contribution in [-0.2, 0) is 11.3 Å². The van der Waals surface area contributed by atoms with Gasteiger partial charge in [-0.05, 0) is 50.3 Å². The Morgan fingerprint density at radius 1 is 1.19 bits per heavy atom. The van der Waals surface area contributed by atoms with Crippen LogP contribution < -0.4 is 5.32 Å². The van der Waals surface area contributed by atoms with E-state index in [4.69, 9.17) is 9.15 Å². The van der Waals surface area contributed by atoms with Crippen molar-refractivity contribution in [2.24, 2.45) is 0 Å². The quantitative estimate of drug-likeness (QED) is 0.877. The zero-order chi connectivity index (χ0) is 18.7. The van der Waals surface area contributed by atoms with Crippen LogP contribution in [0.1, 0.15) is 47.4 Å². The van der Waals surface area contributed by atoms with Gasteiger partial charge in [0.25, 0.3) is 5.91 Å². The van der Waals surface area contributed by atoms with Crippen LogP contribution in [0, 0.1) is 6.92 Å². The highest BCUT2D eigenvalue weighted by molar-refractivity contribution is 5.91. The number of carbonyl (C=O) groups excluding carboxylic acids is 1. The smallest absolute Gasteiger partial charge is 0.287 e. The summed E-state index contributed by atoms with van der Waals surface area (Å²) in [5.74, 6) is 0.185. The average Bonchev–Trinajstić information content (AvgIpc) is 3.35. The van der Waals surface area contributed by atoms with Crippen LogP contribution in [0.4, 0.5) is 0 Å². The van der Waals surface area contributed by atoms with Gasteiger partial charge in [-0.25, -0.2) is 0 Å². The van der Waals surface area contributed by atoms with Crippen LogP contribution >= 0.6 is 0 Å². The van der Waals surface area contributed by atoms with Gasteiger partial charge in [0.15, 0.2) is 5.76 Å². The predicted octanol–water partition coefficient (Wildman–Crippen LogP) is 3.53. The van der Waals surface area contributed by atoms with Crippen LogP contribution in [0.25, 0.3) is 0 Å². The molecule has 144 valence electrons. The molecule has 2 aromatic rings. The van der Waals surface area contributed by atoms with Crippen molar-refractivity contribution < 1.29 is 13.9 Å². The molecule has 2 aliphatic rings. The van der Waals surface area contributed by atoms with E-state index >= 15 is 0 Å². The van der Waals surface area contributed by atoms with E-state index in [0.717, 1.165) is 45.3 Å². The second kappa shape index (κ2) is 7.87. The Hall–Kier alpha value is -2.11. The van der Waals surface area contributed by atoms with Crippen LogP contribution in [0.3, 0.4) is 0 Å². The summed E-state index contributed by atoms with van der Waals surface area (Å²) < 4.78 is 11.5. The monoisotopic (exact) mass is 368 g/mol. The van der Waals surface area contributed by atoms with Gasteiger partial charge in [0.1, 0.15) is 0 Å². The van der Waals surface area contributed by atoms with E-state index in [2.05, 4.69) is 41.4 Å². The number of hydrogen-bond acceptors (Lipinski definition) is 4. The molecule has 1 aromatic carbocycles. The zero-order valence-electron chi connectivity index (χ0n) is 15.9. The van der Waals surface area contributed by atoms with Gasteiger partial charge in [0.2, 0.25) is 0 Å². The molecule has 1 N–H and O–H groups in total. The number of aryl methyl sites for hydroxylation is 1. The number of rotatable bonds is 5. The van der Waals surface area contributed by atoms with Crippen LogP contribution in [0.5, 0.6) is 0 Å². The Labute approximate surface area is 160 Å². The molecule has 27 heavy (non-hydrogen) atoms. The normalized spacial score (nSPS) is 22.2. The Morgan fingerprint density at radius 3 is 2.67 bits per heavy atom. The molecule has 1 spiro atoms. The second-order valence-corrected chi connectivity index (χ2v) is 7.91. The van der Waals surface area contributed by atoms with Gasteiger partial charge in [-0.3, -0.25) is 9.69 Å². The van der Waals surface area contributed by atoms with Gasteiger partial charge < -0.3 is 14.5 Å². The van der Waals surface area contributed by atoms with Crippen molar-refractivity contribution in [3.05, 3.63) is 59.5 Å². The maximum atomic E-state index is 12.0. The van der Waals surface area contributed by atoms with Crippen LogP contribution in [-0.4, -0.2) is 42.1 Å². The van der Waals surface area contributed by atoms with E-state index in [1.807, 2.05) is 0 Å². The molecule has 2 saturated heterocycles. The molecule has 0 bridgehead atoms. The topological polar surface area (TPSA) is 54.7 Å². The Morgan fingerprint density at radius 2 is 1.96 bits per heavy atom. The first-order valence-corrected chi connectivity index (χ1v) is 9.89. The Balaban J connectivity index is 1.23. The first-order valence-electron chi connectivity index (χ1n) is 9.89. The summed E-state index contributed by atoms with van der Waals surface area (Å²) in [7, 11) is 0. The number of likely N-dealkylation sites (tertiary alicyclic amines) is 1. The lowest BCUT2D eigenvalue weighted by Crippen LogP contribution is -2.44. The number of hydrogen-bond donors (Lipinski definition) is 1. The summed E-state index contributed by atoms with van der Waals surface area (Å²) in [4.78, 5) is 14.5. The molecule has 0 aliphatic carbocycles. The first-order chi connectivity index (χ1) is 13.1. The molecule has 4 rings (SSSR count). The van der Waals surface area contributed by atoms with Gasteiger partial charge >= 0.3 is 0 Å². The summed E-state index contributed by atoms with van der Waals surface area (Å²) in [6.07, 6.45) is 5.86. The summed E-state index contributed by atoms with van der Waals surface area (Å²) in [5, 5.41) is 2.93. The minimum absolute atomic E-state index is 0.00382. The Kier molecular flexibility index (Phi) is 5.32. The highest BCUT2D eigenvalue weighted by atomic mass is 16.5. The van der Waals surface area contributed by atoms with E-state index < -0.39 is 0 Å². The first kappa shape index (κ1) is 18.3. The van der Waals surface area contributed by atoms with Crippen LogP contribution in [0.15, 0.2) is 47.1 Å². The third-order valence-corrected chi connectivity index (χ3v) is 5.87. The number of nitrogens with one attached hydrogen (secondary N) is 1. The number of benzene rings is 1. The molecule has 3 heterocycles. The average molecular weight is 368 g/mol. The number of nitrogens with zero attached hydrogens (tertiary/aromatic N) is 1. The predicted molar refractivity (Wildman–Crippen MR) is 104 cm³/mol. The van der Waals surface area contributed by atoms with Gasteiger partial charge in [-0.1, -0.05) is 29.8 Å². The second-order valence-electron chi connectivity index (χ2n) is 7.91. The lowest BCUT2D eigenvalue weighted by Gasteiger charge is -2.39. The maximum absolute atomic E-state index is 12.0. The largest absolute Gasteiger partial charge is 0.459 e. The van der Waals surface area contributed by atoms with Gasteiger partial charge in [-0.15, -0.1) is 0 Å². The number of ether oxygens (including phenoxy) is 1. The molecule has 2 fully saturated rings. The summed E-state index contributed by atoms with van der Waals surface area (Å²) in [6.45, 7) is 5.82. The fourth-order valence-electron chi connectivity index (χ4n) is 4.18. The molecular weight excluding hydrogens is 340 g/mol. The van der Waals surface area contributed by atoms with Crippen molar-refractivity contribution >= 4 is 5.91 Å². The summed E-state index contributed by atoms with van der Waals surface area (Å²) in [5.41, 5.74) is 2.69. The molecule has 0 radical (unpaired) electrons. The molecule has 1 aromatic heterocycles. The molecule has 5 heteroatoms. The molecule has 0 unspecified atom stereocenters. The van der Waals surface area contributed by atoms with E-state index in [0.29, 0.717) is 12.3 Å². The number of amides is 1. The minimum atomic E-state index is -0.169. The van der Waals surface area contributed by atoms with E-state index in [-0.39, 0.29) is 17.6 Å². The van der Waals surface area contributed by atoms with Gasteiger partial charge in [0, 0.05) is 26.2 Å². The molecule has 1 atom stereocenters. The van der Waals surface area contributed by atoms with Crippen molar-refractivity contribution in [3.8, 4) is 0 Å². The lowest BCUT2D eigenvalue weighted by molar-refractivity contribution is -0.0764. The third-order valence-electron chi connectivity index (χ3n) is 5.87. The van der Waals surface area contributed by atoms with Gasteiger partial charge in [-0.2, -0.15) is 0 Å². The highest BCUT2D eigenvalue weighted by Crippen LogP contribution is 2.39. The Bertz CT molecular complexity index is 746. The van der Waals surface area contributed by atoms with Crippen molar-refractivity contribution in [3.63, 3.8) is 0 Å². The number of piperidine rings is 1. The van der Waals surface area contributed by atoms with E-state index in [1.54, 1.807) is 12.1 Å². The highest BCUT2D eigenvalue weighted by Gasteiger charge is 2.42. The molecule has 1 amide bonds. The number of furan rings is 1. The van der Waals surface area contributed by atoms with Crippen molar-refractivity contribution in [2.75, 3.05) is 19.6 Å². The molecule has 2 aliphatic heterocycles. The van der Waals surface area contributed by atoms with Crippen molar-refractivity contribution in [1.29, 1.82) is 0 Å². The third kappa shape index (κ3) is 4.42. The fourth-order valence-corrected chi connectivity index (χ4v) is 4.18. The van der Waals surface area contributed by atoms with E-state index in [9.17, 15) is 4.79 Å². The van der Waals surface area contributed by atoms with Crippen LogP contribution in [0.2, 0.25) is 0 Å².